The minimum Gasteiger partial charge on any atom is -0.134 e. The molecule has 0 bridgehead atoms. The van der Waals surface area contributed by atoms with Crippen molar-refractivity contribution in [1.29, 1.82) is 0 Å². The Morgan fingerprint density at radius 3 is 2.30 bits per heavy atom. The summed E-state index contributed by atoms with van der Waals surface area (Å²) in [6.07, 6.45) is 2.19. The molecule has 0 N–H and O–H groups in total. The lowest BCUT2D eigenvalue weighted by Crippen LogP contribution is -1.93. The summed E-state index contributed by atoms with van der Waals surface area (Å²) in [4.78, 5) is 0. The van der Waals surface area contributed by atoms with Crippen LogP contribution in [0, 0.1) is 5.92 Å². The van der Waals surface area contributed by atoms with Gasteiger partial charge in [-0.1, -0.05) is 86.6 Å². The molecule has 30 heavy (non-hydrogen) atoms. The molecule has 4 aromatic carbocycles. The normalized spacial score (nSPS) is 12.6. The van der Waals surface area contributed by atoms with E-state index < -0.39 is 0 Å². The Morgan fingerprint density at radius 2 is 1.43 bits per heavy atom. The maximum Gasteiger partial charge on any atom is 0.0433 e. The van der Waals surface area contributed by atoms with Crippen LogP contribution >= 0.6 is 11.3 Å². The summed E-state index contributed by atoms with van der Waals surface area (Å²) in [5, 5.41) is 2.79. The first kappa shape index (κ1) is 17.9. The molecule has 0 amide bonds. The number of hydrogen-bond acceptors (Lipinski definition) is 1. The summed E-state index contributed by atoms with van der Waals surface area (Å²) >= 11 is 1.97. The van der Waals surface area contributed by atoms with Crippen molar-refractivity contribution in [3.05, 3.63) is 95.6 Å². The third-order valence-electron chi connectivity index (χ3n) is 6.34. The van der Waals surface area contributed by atoms with Gasteiger partial charge in [0, 0.05) is 20.2 Å². The van der Waals surface area contributed by atoms with Gasteiger partial charge in [0.05, 0.1) is 0 Å². The number of rotatable bonds is 3. The van der Waals surface area contributed by atoms with Gasteiger partial charge in [0.1, 0.15) is 0 Å². The summed E-state index contributed by atoms with van der Waals surface area (Å²) in [6, 6.07) is 29.5. The number of thiophene rings is 1. The van der Waals surface area contributed by atoms with Gasteiger partial charge in [0.25, 0.3) is 0 Å². The maximum atomic E-state index is 2.41. The Bertz CT molecular complexity index is 1420. The average Bonchev–Trinajstić information content (AvgIpc) is 3.32. The highest BCUT2D eigenvalue weighted by Gasteiger charge is 2.19. The molecule has 0 aliphatic heterocycles. The molecule has 0 nitrogen and oxygen atoms in total. The largest absolute Gasteiger partial charge is 0.134 e. The molecular weight excluding hydrogens is 380 g/mol. The summed E-state index contributed by atoms with van der Waals surface area (Å²) in [5.74, 6) is 0.664. The first-order valence-corrected chi connectivity index (χ1v) is 11.7. The van der Waals surface area contributed by atoms with Gasteiger partial charge >= 0.3 is 0 Å². The van der Waals surface area contributed by atoms with E-state index in [0.717, 1.165) is 12.8 Å². The first-order valence-electron chi connectivity index (χ1n) is 10.8. The lowest BCUT2D eigenvalue weighted by atomic mass is 9.97. The minimum absolute atomic E-state index is 0.664. The van der Waals surface area contributed by atoms with Gasteiger partial charge in [-0.25, -0.2) is 0 Å². The Labute approximate surface area is 181 Å². The van der Waals surface area contributed by atoms with Crippen LogP contribution < -0.4 is 0 Å². The fourth-order valence-electron chi connectivity index (χ4n) is 5.00. The molecule has 146 valence electrons. The lowest BCUT2D eigenvalue weighted by Gasteiger charge is -2.07. The number of hydrogen-bond donors (Lipinski definition) is 0. The molecular formula is C29H24S. The Morgan fingerprint density at radius 1 is 0.700 bits per heavy atom. The second-order valence-electron chi connectivity index (χ2n) is 8.88. The van der Waals surface area contributed by atoms with Crippen molar-refractivity contribution in [3.8, 4) is 22.3 Å². The van der Waals surface area contributed by atoms with E-state index in [1.165, 1.54) is 59.1 Å². The van der Waals surface area contributed by atoms with E-state index in [0.29, 0.717) is 5.92 Å². The summed E-state index contributed by atoms with van der Waals surface area (Å²) in [5.41, 5.74) is 9.87. The van der Waals surface area contributed by atoms with Crippen LogP contribution in [0.5, 0.6) is 0 Å². The van der Waals surface area contributed by atoms with E-state index in [2.05, 4.69) is 92.7 Å². The van der Waals surface area contributed by atoms with Crippen molar-refractivity contribution in [1.82, 2.24) is 0 Å². The summed E-state index contributed by atoms with van der Waals surface area (Å²) in [7, 11) is 0. The van der Waals surface area contributed by atoms with Crippen molar-refractivity contribution < 1.29 is 0 Å². The molecule has 0 saturated carbocycles. The highest BCUT2D eigenvalue weighted by molar-refractivity contribution is 7.26. The molecule has 0 atom stereocenters. The average molecular weight is 405 g/mol. The van der Waals surface area contributed by atoms with Crippen LogP contribution in [0.2, 0.25) is 0 Å². The van der Waals surface area contributed by atoms with Gasteiger partial charge in [0.2, 0.25) is 0 Å². The van der Waals surface area contributed by atoms with Gasteiger partial charge < -0.3 is 0 Å². The smallest absolute Gasteiger partial charge is 0.0433 e. The van der Waals surface area contributed by atoms with Gasteiger partial charge in [-0.05, 0) is 63.8 Å². The Hall–Kier alpha value is -2.90. The van der Waals surface area contributed by atoms with Crippen LogP contribution in [0.1, 0.15) is 30.5 Å². The van der Waals surface area contributed by atoms with Crippen LogP contribution in [0.3, 0.4) is 0 Å². The van der Waals surface area contributed by atoms with E-state index in [4.69, 9.17) is 0 Å². The quantitative estimate of drug-likeness (QED) is 0.277. The molecule has 0 saturated heterocycles. The fraction of sp³-hybridized carbons (Fsp3) is 0.172. The molecule has 1 aliphatic carbocycles. The van der Waals surface area contributed by atoms with Crippen molar-refractivity contribution in [2.45, 2.75) is 26.7 Å². The summed E-state index contributed by atoms with van der Waals surface area (Å²) < 4.78 is 2.87. The molecule has 0 fully saturated rings. The van der Waals surface area contributed by atoms with Gasteiger partial charge in [0.15, 0.2) is 0 Å². The van der Waals surface area contributed by atoms with E-state index in [1.807, 2.05) is 11.3 Å². The zero-order valence-electron chi connectivity index (χ0n) is 17.4. The van der Waals surface area contributed by atoms with E-state index in [9.17, 15) is 0 Å². The molecule has 0 spiro atoms. The maximum absolute atomic E-state index is 2.41. The van der Waals surface area contributed by atoms with Gasteiger partial charge in [-0.15, -0.1) is 11.3 Å². The van der Waals surface area contributed by atoms with Crippen molar-refractivity contribution in [2.75, 3.05) is 0 Å². The highest BCUT2D eigenvalue weighted by Crippen LogP contribution is 2.44. The second kappa shape index (κ2) is 6.82. The molecule has 5 aromatic rings. The molecule has 1 heterocycles. The zero-order chi connectivity index (χ0) is 20.2. The van der Waals surface area contributed by atoms with Crippen LogP contribution in [0.15, 0.2) is 78.9 Å². The highest BCUT2D eigenvalue weighted by atomic mass is 32.1. The summed E-state index contributed by atoms with van der Waals surface area (Å²) in [6.45, 7) is 4.61. The van der Waals surface area contributed by atoms with Crippen molar-refractivity contribution in [2.24, 2.45) is 5.92 Å². The third-order valence-corrected chi connectivity index (χ3v) is 7.67. The second-order valence-corrected chi connectivity index (χ2v) is 9.90. The number of fused-ring (bicyclic) bond motifs is 6. The van der Waals surface area contributed by atoms with Crippen molar-refractivity contribution in [3.63, 3.8) is 0 Å². The fourth-order valence-corrected chi connectivity index (χ4v) is 6.36. The zero-order valence-corrected chi connectivity index (χ0v) is 18.2. The van der Waals surface area contributed by atoms with E-state index >= 15 is 0 Å². The van der Waals surface area contributed by atoms with Gasteiger partial charge in [-0.3, -0.25) is 0 Å². The predicted octanol–water partition coefficient (Wildman–Crippen LogP) is 8.49. The molecule has 1 aliphatic rings. The standard InChI is InChI=1S/C29H24S/c1-18(2)15-22-8-5-11-25-26-12-6-10-24(29(26)30-28(22)25)21-14-13-20-16-19-7-3-4-9-23(19)27(20)17-21/h3-14,17-18H,15-16H2,1-2H3. The Kier molecular flexibility index (Phi) is 4.07. The first-order chi connectivity index (χ1) is 14.7. The van der Waals surface area contributed by atoms with E-state index in [1.54, 1.807) is 0 Å². The molecule has 1 heteroatoms. The number of benzene rings is 4. The predicted molar refractivity (Wildman–Crippen MR) is 132 cm³/mol. The molecule has 0 unspecified atom stereocenters. The minimum atomic E-state index is 0.664. The van der Waals surface area contributed by atoms with Crippen molar-refractivity contribution >= 4 is 31.5 Å². The molecule has 6 rings (SSSR count). The van der Waals surface area contributed by atoms with Crippen LogP contribution in [-0.4, -0.2) is 0 Å². The van der Waals surface area contributed by atoms with E-state index in [-0.39, 0.29) is 0 Å². The topological polar surface area (TPSA) is 0 Å². The van der Waals surface area contributed by atoms with Crippen LogP contribution in [0.25, 0.3) is 42.4 Å². The molecule has 1 aromatic heterocycles. The van der Waals surface area contributed by atoms with Crippen LogP contribution in [-0.2, 0) is 12.8 Å². The molecule has 0 radical (unpaired) electrons. The third kappa shape index (κ3) is 2.73. The Balaban J connectivity index is 1.56. The SMILES string of the molecule is CC(C)Cc1cccc2c1sc1c(-c3ccc4c(c3)-c3ccccc3C4)cccc12. The lowest BCUT2D eigenvalue weighted by molar-refractivity contribution is 0.650. The van der Waals surface area contributed by atoms with Crippen LogP contribution in [0.4, 0.5) is 0 Å². The van der Waals surface area contributed by atoms with Gasteiger partial charge in [-0.2, -0.15) is 0 Å². The monoisotopic (exact) mass is 404 g/mol.